The molecule has 1 aromatic heterocycles. The van der Waals surface area contributed by atoms with Gasteiger partial charge >= 0.3 is 6.03 Å². The molecule has 1 aliphatic rings. The van der Waals surface area contributed by atoms with Crippen LogP contribution in [0.3, 0.4) is 0 Å². The van der Waals surface area contributed by atoms with Gasteiger partial charge in [0.2, 0.25) is 5.91 Å². The molecule has 7 heteroatoms. The Bertz CT molecular complexity index is 1530. The van der Waals surface area contributed by atoms with Gasteiger partial charge in [-0.25, -0.2) is 9.48 Å². The summed E-state index contributed by atoms with van der Waals surface area (Å²) in [6.45, 7) is 12.0. The third-order valence-corrected chi connectivity index (χ3v) is 8.33. The van der Waals surface area contributed by atoms with Crippen LogP contribution in [0.1, 0.15) is 68.8 Å². The summed E-state index contributed by atoms with van der Waals surface area (Å²) in [6.07, 6.45) is 2.97. The molecular weight excluding hydrogens is 534 g/mol. The number of likely N-dealkylation sites (tertiary alicyclic amines) is 1. The highest BCUT2D eigenvalue weighted by atomic mass is 16.2. The highest BCUT2D eigenvalue weighted by Crippen LogP contribution is 2.28. The van der Waals surface area contributed by atoms with E-state index in [0.29, 0.717) is 11.7 Å². The number of rotatable bonds is 7. The molecule has 0 spiro atoms. The van der Waals surface area contributed by atoms with Gasteiger partial charge in [-0.15, -0.1) is 0 Å². The number of piperidine rings is 1. The lowest BCUT2D eigenvalue weighted by Gasteiger charge is -2.34. The number of aryl methyl sites for hydroxylation is 1. The van der Waals surface area contributed by atoms with Gasteiger partial charge in [-0.05, 0) is 74.4 Å². The maximum absolute atomic E-state index is 13.0. The summed E-state index contributed by atoms with van der Waals surface area (Å²) < 4.78 is 1.78. The number of hydrogen-bond acceptors (Lipinski definition) is 3. The maximum Gasteiger partial charge on any atom is 0.324 e. The van der Waals surface area contributed by atoms with Crippen LogP contribution < -0.4 is 10.6 Å². The van der Waals surface area contributed by atoms with Crippen LogP contribution in [0.4, 0.5) is 16.3 Å². The van der Waals surface area contributed by atoms with Gasteiger partial charge in [-0.2, -0.15) is 5.10 Å². The van der Waals surface area contributed by atoms with Gasteiger partial charge in [0.1, 0.15) is 5.82 Å². The Morgan fingerprint density at radius 3 is 2.19 bits per heavy atom. The Morgan fingerprint density at radius 2 is 1.56 bits per heavy atom. The molecular formula is C36H43N5O2. The molecule has 2 N–H and O–H groups in total. The fourth-order valence-corrected chi connectivity index (χ4v) is 5.57. The van der Waals surface area contributed by atoms with Crippen molar-refractivity contribution in [2.24, 2.45) is 5.92 Å². The van der Waals surface area contributed by atoms with Gasteiger partial charge in [-0.1, -0.05) is 80.9 Å². The molecule has 2 heterocycles. The van der Waals surface area contributed by atoms with E-state index in [1.54, 1.807) is 4.68 Å². The number of aromatic nitrogens is 2. The number of nitrogens with zero attached hydrogens (tertiary/aromatic N) is 3. The zero-order chi connectivity index (χ0) is 30.6. The first kappa shape index (κ1) is 30.1. The largest absolute Gasteiger partial charge is 0.342 e. The average Bonchev–Trinajstić information content (AvgIpc) is 3.43. The third kappa shape index (κ3) is 7.53. The first-order chi connectivity index (χ1) is 20.6. The van der Waals surface area contributed by atoms with Gasteiger partial charge in [-0.3, -0.25) is 10.1 Å². The number of nitrogens with one attached hydrogen (secondary N) is 2. The fourth-order valence-electron chi connectivity index (χ4n) is 5.57. The second-order valence-corrected chi connectivity index (χ2v) is 12.8. The van der Waals surface area contributed by atoms with E-state index in [2.05, 4.69) is 43.5 Å². The minimum absolute atomic E-state index is 0.112. The Morgan fingerprint density at radius 1 is 0.907 bits per heavy atom. The van der Waals surface area contributed by atoms with Crippen LogP contribution in [-0.2, 0) is 16.6 Å². The van der Waals surface area contributed by atoms with Crippen molar-refractivity contribution in [2.75, 3.05) is 23.7 Å². The first-order valence-corrected chi connectivity index (χ1v) is 15.2. The molecule has 4 aromatic rings. The van der Waals surface area contributed by atoms with Crippen LogP contribution in [0, 0.1) is 12.8 Å². The Kier molecular flexibility index (Phi) is 9.00. The van der Waals surface area contributed by atoms with Crippen molar-refractivity contribution in [1.29, 1.82) is 0 Å². The molecule has 224 valence electrons. The van der Waals surface area contributed by atoms with Crippen LogP contribution in [0.15, 0.2) is 84.9 Å². The molecule has 0 aliphatic carbocycles. The monoisotopic (exact) mass is 577 g/mol. The normalized spacial score (nSPS) is 14.8. The van der Waals surface area contributed by atoms with E-state index in [1.165, 1.54) is 5.56 Å². The molecule has 1 unspecified atom stereocenters. The molecule has 43 heavy (non-hydrogen) atoms. The number of carbonyl (C=O) groups is 2. The average molecular weight is 578 g/mol. The molecule has 1 fully saturated rings. The molecule has 0 bridgehead atoms. The lowest BCUT2D eigenvalue weighted by Crippen LogP contribution is -2.40. The second kappa shape index (κ2) is 12.9. The SMILES string of the molecule is Cc1ccc(-n2nc(C(C)(C)C)cc2NC(=O)Nc2ccc(CC3CCN(C(=O)C(C)c4ccccc4)CC3)cc2)cc1. The lowest BCUT2D eigenvalue weighted by atomic mass is 9.89. The van der Waals surface area contributed by atoms with E-state index < -0.39 is 0 Å². The first-order valence-electron chi connectivity index (χ1n) is 15.2. The number of amides is 3. The Balaban J connectivity index is 1.15. The van der Waals surface area contributed by atoms with E-state index in [1.807, 2.05) is 91.5 Å². The smallest absolute Gasteiger partial charge is 0.324 e. The van der Waals surface area contributed by atoms with Crippen molar-refractivity contribution in [3.05, 3.63) is 107 Å². The Hall–Kier alpha value is -4.39. The van der Waals surface area contributed by atoms with Crippen LogP contribution in [-0.4, -0.2) is 39.7 Å². The summed E-state index contributed by atoms with van der Waals surface area (Å²) in [5.74, 6) is 1.26. The molecule has 1 aliphatic heterocycles. The molecule has 3 aromatic carbocycles. The van der Waals surface area contributed by atoms with Gasteiger partial charge in [0.15, 0.2) is 0 Å². The predicted octanol–water partition coefficient (Wildman–Crippen LogP) is 7.71. The summed E-state index contributed by atoms with van der Waals surface area (Å²) in [4.78, 5) is 28.1. The number of urea groups is 1. The summed E-state index contributed by atoms with van der Waals surface area (Å²) in [5, 5.41) is 10.8. The van der Waals surface area contributed by atoms with Crippen LogP contribution >= 0.6 is 0 Å². The summed E-state index contributed by atoms with van der Waals surface area (Å²) in [6, 6.07) is 27.8. The molecule has 3 amide bonds. The number of carbonyl (C=O) groups excluding carboxylic acids is 2. The lowest BCUT2D eigenvalue weighted by molar-refractivity contribution is -0.133. The number of hydrogen-bond donors (Lipinski definition) is 2. The molecule has 7 nitrogen and oxygen atoms in total. The van der Waals surface area contributed by atoms with Crippen LogP contribution in [0.5, 0.6) is 0 Å². The number of anilines is 2. The molecule has 5 rings (SSSR count). The van der Waals surface area contributed by atoms with Crippen molar-refractivity contribution in [1.82, 2.24) is 14.7 Å². The van der Waals surface area contributed by atoms with E-state index in [-0.39, 0.29) is 23.3 Å². The summed E-state index contributed by atoms with van der Waals surface area (Å²) >= 11 is 0. The summed E-state index contributed by atoms with van der Waals surface area (Å²) in [5.41, 5.74) is 5.83. The Labute approximate surface area is 255 Å². The highest BCUT2D eigenvalue weighted by molar-refractivity contribution is 5.99. The fraction of sp³-hybridized carbons (Fsp3) is 0.361. The van der Waals surface area contributed by atoms with E-state index in [0.717, 1.165) is 60.5 Å². The van der Waals surface area contributed by atoms with Gasteiger partial charge in [0.25, 0.3) is 0 Å². The second-order valence-electron chi connectivity index (χ2n) is 12.8. The van der Waals surface area contributed by atoms with Crippen molar-refractivity contribution in [3.8, 4) is 5.69 Å². The van der Waals surface area contributed by atoms with Gasteiger partial charge < -0.3 is 10.2 Å². The molecule has 0 radical (unpaired) electrons. The molecule has 0 saturated carbocycles. The van der Waals surface area contributed by atoms with Crippen molar-refractivity contribution in [2.45, 2.75) is 65.2 Å². The molecule has 1 atom stereocenters. The van der Waals surface area contributed by atoms with Crippen molar-refractivity contribution >= 4 is 23.4 Å². The van der Waals surface area contributed by atoms with Crippen molar-refractivity contribution in [3.63, 3.8) is 0 Å². The topological polar surface area (TPSA) is 79.3 Å². The standard InChI is InChI=1S/C36H43N5O2/c1-25-11-17-31(18-12-25)41-33(24-32(39-41)36(3,4)5)38-35(43)37-30-15-13-27(14-16-30)23-28-19-21-40(22-20-28)34(42)26(2)29-9-7-6-8-10-29/h6-18,24,26,28H,19-23H2,1-5H3,(H2,37,38,43). The van der Waals surface area contributed by atoms with E-state index in [4.69, 9.17) is 5.10 Å². The third-order valence-electron chi connectivity index (χ3n) is 8.33. The molecule has 1 saturated heterocycles. The minimum Gasteiger partial charge on any atom is -0.342 e. The zero-order valence-corrected chi connectivity index (χ0v) is 25.9. The maximum atomic E-state index is 13.0. The van der Waals surface area contributed by atoms with E-state index >= 15 is 0 Å². The summed E-state index contributed by atoms with van der Waals surface area (Å²) in [7, 11) is 0. The quantitative estimate of drug-likeness (QED) is 0.236. The van der Waals surface area contributed by atoms with Crippen LogP contribution in [0.25, 0.3) is 5.69 Å². The van der Waals surface area contributed by atoms with E-state index in [9.17, 15) is 9.59 Å². The predicted molar refractivity (Wildman–Crippen MR) is 174 cm³/mol. The zero-order valence-electron chi connectivity index (χ0n) is 25.9. The van der Waals surface area contributed by atoms with Gasteiger partial charge in [0.05, 0.1) is 17.3 Å². The van der Waals surface area contributed by atoms with Gasteiger partial charge in [0, 0.05) is 30.3 Å². The van der Waals surface area contributed by atoms with Crippen molar-refractivity contribution < 1.29 is 9.59 Å². The van der Waals surface area contributed by atoms with Crippen LogP contribution in [0.2, 0.25) is 0 Å². The highest BCUT2D eigenvalue weighted by Gasteiger charge is 2.27. The number of benzene rings is 3. The minimum atomic E-state index is -0.316.